The Morgan fingerprint density at radius 3 is 2.14 bits per heavy atom. The molecule has 0 saturated carbocycles. The molecule has 22 heavy (non-hydrogen) atoms. The summed E-state index contributed by atoms with van der Waals surface area (Å²) in [5, 5.41) is 2.95. The van der Waals surface area contributed by atoms with Gasteiger partial charge < -0.3 is 10.2 Å². The van der Waals surface area contributed by atoms with Gasteiger partial charge in [-0.25, -0.2) is 0 Å². The summed E-state index contributed by atoms with van der Waals surface area (Å²) in [6, 6.07) is 14.4. The summed E-state index contributed by atoms with van der Waals surface area (Å²) in [5.74, 6) is 0.0470. The lowest BCUT2D eigenvalue weighted by Crippen LogP contribution is -3.08. The van der Waals surface area contributed by atoms with Crippen LogP contribution < -0.4 is 10.2 Å². The van der Waals surface area contributed by atoms with Crippen LogP contribution in [0.1, 0.15) is 22.3 Å². The molecule has 0 aliphatic rings. The number of likely N-dealkylation sites (N-methyl/N-ethyl adjacent to an activating group) is 1. The third-order valence-corrected chi connectivity index (χ3v) is 3.59. The number of amides is 1. The highest BCUT2D eigenvalue weighted by molar-refractivity contribution is 5.91. The quantitative estimate of drug-likeness (QED) is 0.872. The molecule has 0 heterocycles. The van der Waals surface area contributed by atoms with Crippen molar-refractivity contribution in [2.24, 2.45) is 0 Å². The molecule has 1 unspecified atom stereocenters. The van der Waals surface area contributed by atoms with E-state index in [1.54, 1.807) is 0 Å². The first-order chi connectivity index (χ1) is 10.4. The number of anilines is 1. The molecule has 0 fully saturated rings. The van der Waals surface area contributed by atoms with Crippen molar-refractivity contribution in [3.63, 3.8) is 0 Å². The average molecular weight is 297 g/mol. The van der Waals surface area contributed by atoms with Crippen LogP contribution in [0.3, 0.4) is 0 Å². The highest BCUT2D eigenvalue weighted by Crippen LogP contribution is 2.08. The fourth-order valence-corrected chi connectivity index (χ4v) is 2.70. The molecule has 0 spiro atoms. The Balaban J connectivity index is 1.89. The fourth-order valence-electron chi connectivity index (χ4n) is 2.70. The van der Waals surface area contributed by atoms with Crippen molar-refractivity contribution in [3.05, 3.63) is 64.7 Å². The van der Waals surface area contributed by atoms with Crippen molar-refractivity contribution in [2.75, 3.05) is 18.9 Å². The number of hydrogen-bond donors (Lipinski definition) is 2. The summed E-state index contributed by atoms with van der Waals surface area (Å²) in [6.45, 7) is 7.56. The van der Waals surface area contributed by atoms with Crippen molar-refractivity contribution in [1.82, 2.24) is 0 Å². The highest BCUT2D eigenvalue weighted by atomic mass is 16.2. The molecule has 2 aromatic rings. The largest absolute Gasteiger partial charge is 0.326 e. The van der Waals surface area contributed by atoms with Gasteiger partial charge in [0.25, 0.3) is 5.91 Å². The Morgan fingerprint density at radius 1 is 0.955 bits per heavy atom. The van der Waals surface area contributed by atoms with E-state index in [2.05, 4.69) is 37.4 Å². The van der Waals surface area contributed by atoms with Crippen LogP contribution in [0.5, 0.6) is 0 Å². The van der Waals surface area contributed by atoms with Crippen LogP contribution >= 0.6 is 0 Å². The van der Waals surface area contributed by atoms with Crippen LogP contribution in [0.15, 0.2) is 42.5 Å². The molecule has 1 amide bonds. The Bertz CT molecular complexity index is 627. The monoisotopic (exact) mass is 297 g/mol. The topological polar surface area (TPSA) is 33.5 Å². The summed E-state index contributed by atoms with van der Waals surface area (Å²) < 4.78 is 0. The lowest BCUT2D eigenvalue weighted by atomic mass is 10.1. The van der Waals surface area contributed by atoms with E-state index in [9.17, 15) is 4.79 Å². The van der Waals surface area contributed by atoms with Gasteiger partial charge in [-0.2, -0.15) is 0 Å². The van der Waals surface area contributed by atoms with Crippen LogP contribution in [-0.2, 0) is 11.3 Å². The minimum atomic E-state index is 0.0470. The van der Waals surface area contributed by atoms with Gasteiger partial charge in [0.2, 0.25) is 0 Å². The first-order valence-electron chi connectivity index (χ1n) is 7.67. The number of rotatable bonds is 5. The van der Waals surface area contributed by atoms with Crippen LogP contribution in [-0.4, -0.2) is 19.5 Å². The van der Waals surface area contributed by atoms with Gasteiger partial charge in [0, 0.05) is 11.3 Å². The molecule has 3 heteroatoms. The third kappa shape index (κ3) is 5.01. The number of quaternary nitrogens is 1. The number of nitrogens with one attached hydrogen (secondary N) is 2. The number of hydrogen-bond acceptors (Lipinski definition) is 1. The molecule has 1 atom stereocenters. The number of carbonyl (C=O) groups excluding carboxylic acids is 1. The Morgan fingerprint density at radius 2 is 1.55 bits per heavy atom. The molecule has 2 aromatic carbocycles. The summed E-state index contributed by atoms with van der Waals surface area (Å²) >= 11 is 0. The molecule has 0 bridgehead atoms. The fraction of sp³-hybridized carbons (Fsp3) is 0.316. The van der Waals surface area contributed by atoms with Crippen LogP contribution in [0.4, 0.5) is 5.69 Å². The first-order valence-corrected chi connectivity index (χ1v) is 7.67. The number of benzene rings is 2. The van der Waals surface area contributed by atoms with Gasteiger partial charge >= 0.3 is 0 Å². The zero-order valence-electron chi connectivity index (χ0n) is 13.9. The molecule has 2 N–H and O–H groups in total. The van der Waals surface area contributed by atoms with Crippen LogP contribution in [0.25, 0.3) is 0 Å². The second kappa shape index (κ2) is 7.23. The predicted molar refractivity (Wildman–Crippen MR) is 91.2 cm³/mol. The van der Waals surface area contributed by atoms with Crippen molar-refractivity contribution >= 4 is 11.6 Å². The maximum atomic E-state index is 12.1. The minimum Gasteiger partial charge on any atom is -0.326 e. The molecule has 3 nitrogen and oxygen atoms in total. The summed E-state index contributed by atoms with van der Waals surface area (Å²) in [5.41, 5.74) is 5.86. The summed E-state index contributed by atoms with van der Waals surface area (Å²) in [4.78, 5) is 13.3. The van der Waals surface area contributed by atoms with Crippen LogP contribution in [0.2, 0.25) is 0 Å². The van der Waals surface area contributed by atoms with Crippen molar-refractivity contribution < 1.29 is 9.69 Å². The lowest BCUT2D eigenvalue weighted by Gasteiger charge is -2.15. The van der Waals surface area contributed by atoms with Crippen LogP contribution in [0, 0.1) is 20.8 Å². The zero-order valence-corrected chi connectivity index (χ0v) is 13.9. The van der Waals surface area contributed by atoms with Crippen molar-refractivity contribution in [3.8, 4) is 0 Å². The number of aryl methyl sites for hydroxylation is 3. The molecule has 0 aliphatic heterocycles. The van der Waals surface area contributed by atoms with Gasteiger partial charge in [0.05, 0.1) is 7.05 Å². The normalized spacial score (nSPS) is 12.0. The Labute approximate surface area is 133 Å². The second-order valence-electron chi connectivity index (χ2n) is 6.22. The van der Waals surface area contributed by atoms with E-state index in [0.29, 0.717) is 6.54 Å². The Kier molecular flexibility index (Phi) is 5.34. The van der Waals surface area contributed by atoms with Gasteiger partial charge in [0.1, 0.15) is 6.54 Å². The van der Waals surface area contributed by atoms with Crippen molar-refractivity contribution in [1.29, 1.82) is 0 Å². The van der Waals surface area contributed by atoms with E-state index < -0.39 is 0 Å². The van der Waals surface area contributed by atoms with Gasteiger partial charge in [-0.3, -0.25) is 4.79 Å². The van der Waals surface area contributed by atoms with Gasteiger partial charge in [0.15, 0.2) is 6.54 Å². The summed E-state index contributed by atoms with van der Waals surface area (Å²) in [6.07, 6.45) is 0. The molecule has 0 radical (unpaired) electrons. The lowest BCUT2D eigenvalue weighted by molar-refractivity contribution is -0.885. The predicted octanol–water partition coefficient (Wildman–Crippen LogP) is 2.27. The molecular weight excluding hydrogens is 272 g/mol. The van der Waals surface area contributed by atoms with Crippen molar-refractivity contribution in [2.45, 2.75) is 27.3 Å². The maximum absolute atomic E-state index is 12.1. The molecule has 0 aliphatic carbocycles. The van der Waals surface area contributed by atoms with E-state index in [0.717, 1.165) is 12.2 Å². The van der Waals surface area contributed by atoms with Gasteiger partial charge in [-0.15, -0.1) is 0 Å². The molecular formula is C19H25N2O+. The van der Waals surface area contributed by atoms with Gasteiger partial charge in [-0.1, -0.05) is 47.0 Å². The SMILES string of the molecule is Cc1ccc(NC(=O)C[NH+](C)Cc2cc(C)cc(C)c2)cc1. The second-order valence-corrected chi connectivity index (χ2v) is 6.22. The molecule has 0 saturated heterocycles. The molecule has 2 rings (SSSR count). The van der Waals surface area contributed by atoms with Gasteiger partial charge in [-0.05, 0) is 32.9 Å². The van der Waals surface area contributed by atoms with E-state index >= 15 is 0 Å². The van der Waals surface area contributed by atoms with E-state index in [-0.39, 0.29) is 5.91 Å². The molecule has 0 aromatic heterocycles. The summed E-state index contributed by atoms with van der Waals surface area (Å²) in [7, 11) is 2.05. The average Bonchev–Trinajstić information content (AvgIpc) is 2.39. The van der Waals surface area contributed by atoms with E-state index in [4.69, 9.17) is 0 Å². The maximum Gasteiger partial charge on any atom is 0.279 e. The highest BCUT2D eigenvalue weighted by Gasteiger charge is 2.11. The zero-order chi connectivity index (χ0) is 16.1. The smallest absolute Gasteiger partial charge is 0.279 e. The van der Waals surface area contributed by atoms with E-state index in [1.165, 1.54) is 27.2 Å². The Hall–Kier alpha value is -2.13. The third-order valence-electron chi connectivity index (χ3n) is 3.59. The standard InChI is InChI=1S/C19H24N2O/c1-14-5-7-18(8-6-14)20-19(22)13-21(4)12-17-10-15(2)9-16(3)11-17/h5-11H,12-13H2,1-4H3,(H,20,22)/p+1. The first kappa shape index (κ1) is 16.2. The minimum absolute atomic E-state index is 0.0470. The van der Waals surface area contributed by atoms with E-state index in [1.807, 2.05) is 38.2 Å². The molecule has 116 valence electrons. The number of carbonyl (C=O) groups is 1.